The predicted octanol–water partition coefficient (Wildman–Crippen LogP) is 1.89. The standard InChI is InChI=1S/C19H20N4O4/c1-3-8-23-16-14(18(25)22-19(23)26)9-13(10-20-16)17(24)21-15-7-5-4-6-12(15)11-27-2/h4-7,9-10H,3,8,11H2,1-2H3,(H,21,24)(H,22,25,26). The maximum atomic E-state index is 12.6. The Morgan fingerprint density at radius 3 is 2.81 bits per heavy atom. The normalized spacial score (nSPS) is 10.9. The van der Waals surface area contributed by atoms with Gasteiger partial charge in [-0.3, -0.25) is 19.1 Å². The minimum Gasteiger partial charge on any atom is -0.380 e. The number of aromatic amines is 1. The van der Waals surface area contributed by atoms with Crippen molar-refractivity contribution in [3.8, 4) is 0 Å². The number of fused-ring (bicyclic) bond motifs is 1. The van der Waals surface area contributed by atoms with Gasteiger partial charge in [-0.1, -0.05) is 25.1 Å². The Morgan fingerprint density at radius 2 is 2.07 bits per heavy atom. The zero-order chi connectivity index (χ0) is 19.4. The van der Waals surface area contributed by atoms with Gasteiger partial charge >= 0.3 is 5.69 Å². The molecule has 0 aliphatic rings. The SMILES string of the molecule is CCCn1c(=O)[nH]c(=O)c2cc(C(=O)Nc3ccccc3COC)cnc21. The number of benzene rings is 1. The van der Waals surface area contributed by atoms with E-state index >= 15 is 0 Å². The molecule has 3 aromatic rings. The van der Waals surface area contributed by atoms with Crippen molar-refractivity contribution < 1.29 is 9.53 Å². The highest BCUT2D eigenvalue weighted by atomic mass is 16.5. The second kappa shape index (κ2) is 7.96. The van der Waals surface area contributed by atoms with Crippen molar-refractivity contribution >= 4 is 22.6 Å². The summed E-state index contributed by atoms with van der Waals surface area (Å²) in [5, 5.41) is 3.00. The van der Waals surface area contributed by atoms with Crippen LogP contribution in [0.1, 0.15) is 29.3 Å². The van der Waals surface area contributed by atoms with Crippen LogP contribution in [0.4, 0.5) is 5.69 Å². The maximum absolute atomic E-state index is 12.6. The molecule has 0 radical (unpaired) electrons. The average Bonchev–Trinajstić information content (AvgIpc) is 2.66. The van der Waals surface area contributed by atoms with E-state index in [0.29, 0.717) is 25.3 Å². The molecular weight excluding hydrogens is 348 g/mol. The second-order valence-electron chi connectivity index (χ2n) is 6.05. The number of aromatic nitrogens is 3. The van der Waals surface area contributed by atoms with Crippen LogP contribution in [0, 0.1) is 0 Å². The lowest BCUT2D eigenvalue weighted by Crippen LogP contribution is -2.31. The lowest BCUT2D eigenvalue weighted by molar-refractivity contribution is 0.102. The number of anilines is 1. The van der Waals surface area contributed by atoms with E-state index < -0.39 is 17.2 Å². The molecule has 0 bridgehead atoms. The summed E-state index contributed by atoms with van der Waals surface area (Å²) in [5.74, 6) is -0.402. The molecule has 0 saturated heterocycles. The van der Waals surface area contributed by atoms with E-state index in [1.807, 2.05) is 25.1 Å². The van der Waals surface area contributed by atoms with Crippen molar-refractivity contribution in [1.29, 1.82) is 0 Å². The molecule has 2 heterocycles. The van der Waals surface area contributed by atoms with Crippen molar-refractivity contribution in [1.82, 2.24) is 14.5 Å². The number of amides is 1. The van der Waals surface area contributed by atoms with Crippen LogP contribution in [0.5, 0.6) is 0 Å². The van der Waals surface area contributed by atoms with Crippen LogP contribution in [0.2, 0.25) is 0 Å². The van der Waals surface area contributed by atoms with Gasteiger partial charge in [0.1, 0.15) is 5.65 Å². The summed E-state index contributed by atoms with van der Waals surface area (Å²) in [5.41, 5.74) is 0.867. The average molecular weight is 368 g/mol. The van der Waals surface area contributed by atoms with Crippen LogP contribution in [-0.2, 0) is 17.9 Å². The van der Waals surface area contributed by atoms with E-state index in [4.69, 9.17) is 4.74 Å². The third kappa shape index (κ3) is 3.80. The molecule has 8 heteroatoms. The van der Waals surface area contributed by atoms with Gasteiger partial charge in [-0.2, -0.15) is 0 Å². The van der Waals surface area contributed by atoms with E-state index in [-0.39, 0.29) is 16.6 Å². The van der Waals surface area contributed by atoms with Gasteiger partial charge in [0.15, 0.2) is 0 Å². The third-order valence-corrected chi connectivity index (χ3v) is 4.11. The Hall–Kier alpha value is -3.26. The largest absolute Gasteiger partial charge is 0.380 e. The fraction of sp³-hybridized carbons (Fsp3) is 0.263. The number of para-hydroxylation sites is 1. The molecule has 8 nitrogen and oxygen atoms in total. The summed E-state index contributed by atoms with van der Waals surface area (Å²) in [4.78, 5) is 43.3. The summed E-state index contributed by atoms with van der Waals surface area (Å²) in [6.45, 7) is 2.70. The summed E-state index contributed by atoms with van der Waals surface area (Å²) in [6.07, 6.45) is 2.07. The monoisotopic (exact) mass is 368 g/mol. The lowest BCUT2D eigenvalue weighted by Gasteiger charge is -2.11. The molecule has 3 rings (SSSR count). The number of pyridine rings is 1. The van der Waals surface area contributed by atoms with E-state index in [1.165, 1.54) is 16.8 Å². The highest BCUT2D eigenvalue weighted by Gasteiger charge is 2.14. The fourth-order valence-corrected chi connectivity index (χ4v) is 2.84. The van der Waals surface area contributed by atoms with Gasteiger partial charge in [0, 0.05) is 31.1 Å². The highest BCUT2D eigenvalue weighted by Crippen LogP contribution is 2.17. The van der Waals surface area contributed by atoms with Crippen molar-refractivity contribution in [3.05, 3.63) is 68.5 Å². The Bertz CT molecular complexity index is 1100. The minimum absolute atomic E-state index is 0.195. The van der Waals surface area contributed by atoms with Crippen molar-refractivity contribution in [2.45, 2.75) is 26.5 Å². The molecule has 1 aromatic carbocycles. The van der Waals surface area contributed by atoms with Gasteiger partial charge in [-0.25, -0.2) is 9.78 Å². The van der Waals surface area contributed by atoms with Crippen molar-refractivity contribution in [2.24, 2.45) is 0 Å². The minimum atomic E-state index is -0.565. The van der Waals surface area contributed by atoms with E-state index in [1.54, 1.807) is 13.2 Å². The smallest absolute Gasteiger partial charge is 0.329 e. The first-order valence-corrected chi connectivity index (χ1v) is 8.56. The van der Waals surface area contributed by atoms with Crippen LogP contribution < -0.4 is 16.6 Å². The van der Waals surface area contributed by atoms with Crippen LogP contribution in [0.3, 0.4) is 0 Å². The first kappa shape index (κ1) is 18.5. The number of methoxy groups -OCH3 is 1. The summed E-state index contributed by atoms with van der Waals surface area (Å²) >= 11 is 0. The van der Waals surface area contributed by atoms with Gasteiger partial charge in [0.2, 0.25) is 0 Å². The fourth-order valence-electron chi connectivity index (χ4n) is 2.84. The number of hydrogen-bond acceptors (Lipinski definition) is 5. The molecule has 0 saturated carbocycles. The molecule has 0 aliphatic heterocycles. The maximum Gasteiger partial charge on any atom is 0.329 e. The number of ether oxygens (including phenoxy) is 1. The summed E-state index contributed by atoms with van der Waals surface area (Å²) < 4.78 is 6.53. The van der Waals surface area contributed by atoms with Crippen molar-refractivity contribution in [3.63, 3.8) is 0 Å². The first-order valence-electron chi connectivity index (χ1n) is 8.56. The van der Waals surface area contributed by atoms with Gasteiger partial charge < -0.3 is 10.1 Å². The third-order valence-electron chi connectivity index (χ3n) is 4.11. The molecule has 2 aromatic heterocycles. The molecule has 2 N–H and O–H groups in total. The zero-order valence-corrected chi connectivity index (χ0v) is 15.1. The van der Waals surface area contributed by atoms with Crippen molar-refractivity contribution in [2.75, 3.05) is 12.4 Å². The predicted molar refractivity (Wildman–Crippen MR) is 102 cm³/mol. The van der Waals surface area contributed by atoms with Crippen LogP contribution in [-0.4, -0.2) is 27.6 Å². The van der Waals surface area contributed by atoms with E-state index in [0.717, 1.165) is 5.56 Å². The molecule has 0 unspecified atom stereocenters. The second-order valence-corrected chi connectivity index (χ2v) is 6.05. The number of carbonyl (C=O) groups excluding carboxylic acids is 1. The molecule has 27 heavy (non-hydrogen) atoms. The lowest BCUT2D eigenvalue weighted by atomic mass is 10.1. The summed E-state index contributed by atoms with van der Waals surface area (Å²) in [7, 11) is 1.58. The van der Waals surface area contributed by atoms with Gasteiger partial charge in [-0.05, 0) is 18.6 Å². The van der Waals surface area contributed by atoms with Gasteiger partial charge in [0.25, 0.3) is 11.5 Å². The Labute approximate surface area is 154 Å². The molecule has 0 atom stereocenters. The molecule has 0 fully saturated rings. The zero-order valence-electron chi connectivity index (χ0n) is 15.1. The molecule has 140 valence electrons. The Balaban J connectivity index is 1.99. The van der Waals surface area contributed by atoms with E-state index in [9.17, 15) is 14.4 Å². The molecule has 0 spiro atoms. The van der Waals surface area contributed by atoms with Crippen LogP contribution >= 0.6 is 0 Å². The number of nitrogens with zero attached hydrogens (tertiary/aromatic N) is 2. The number of carbonyl (C=O) groups is 1. The van der Waals surface area contributed by atoms with E-state index in [2.05, 4.69) is 15.3 Å². The summed E-state index contributed by atoms with van der Waals surface area (Å²) in [6, 6.07) is 8.73. The number of rotatable bonds is 6. The Kier molecular flexibility index (Phi) is 5.46. The van der Waals surface area contributed by atoms with Crippen LogP contribution in [0.25, 0.3) is 11.0 Å². The van der Waals surface area contributed by atoms with Crippen LogP contribution in [0.15, 0.2) is 46.1 Å². The number of nitrogens with one attached hydrogen (secondary N) is 2. The first-order chi connectivity index (χ1) is 13.0. The molecular formula is C19H20N4O4. The topological polar surface area (TPSA) is 106 Å². The number of hydrogen-bond donors (Lipinski definition) is 2. The molecule has 0 aliphatic carbocycles. The number of H-pyrrole nitrogens is 1. The van der Waals surface area contributed by atoms with Gasteiger partial charge in [-0.15, -0.1) is 0 Å². The Morgan fingerprint density at radius 1 is 1.30 bits per heavy atom. The quantitative estimate of drug-likeness (QED) is 0.691. The highest BCUT2D eigenvalue weighted by molar-refractivity contribution is 6.05. The van der Waals surface area contributed by atoms with Gasteiger partial charge in [0.05, 0.1) is 17.6 Å². The number of aryl methyl sites for hydroxylation is 1. The molecule has 1 amide bonds.